The number of fused-ring (bicyclic) bond motifs is 1. The SMILES string of the molecule is NC1CCCC(Oc2ccc(-c3nc4ccccc4s3)cc2)C1O. The quantitative estimate of drug-likeness (QED) is 0.765. The second-order valence-electron chi connectivity index (χ2n) is 6.25. The average Bonchev–Trinajstić information content (AvgIpc) is 3.04. The van der Waals surface area contributed by atoms with Crippen LogP contribution in [0, 0.1) is 0 Å². The molecule has 3 atom stereocenters. The first-order chi connectivity index (χ1) is 11.7. The molecule has 2 aromatic carbocycles. The molecule has 24 heavy (non-hydrogen) atoms. The van der Waals surface area contributed by atoms with Gasteiger partial charge in [-0.15, -0.1) is 11.3 Å². The van der Waals surface area contributed by atoms with Crippen molar-refractivity contribution in [3.63, 3.8) is 0 Å². The number of aromatic nitrogens is 1. The van der Waals surface area contributed by atoms with Gasteiger partial charge in [0.1, 0.15) is 23.0 Å². The van der Waals surface area contributed by atoms with Gasteiger partial charge in [-0.1, -0.05) is 12.1 Å². The predicted octanol–water partition coefficient (Wildman–Crippen LogP) is 3.58. The Hall–Kier alpha value is -1.95. The monoisotopic (exact) mass is 340 g/mol. The molecule has 4 rings (SSSR count). The van der Waals surface area contributed by atoms with Gasteiger partial charge < -0.3 is 15.6 Å². The Morgan fingerprint density at radius 2 is 1.88 bits per heavy atom. The maximum atomic E-state index is 10.2. The molecule has 124 valence electrons. The van der Waals surface area contributed by atoms with Gasteiger partial charge in [0, 0.05) is 11.6 Å². The van der Waals surface area contributed by atoms with E-state index in [0.29, 0.717) is 0 Å². The van der Waals surface area contributed by atoms with Crippen LogP contribution in [-0.2, 0) is 0 Å². The van der Waals surface area contributed by atoms with Gasteiger partial charge in [-0.2, -0.15) is 0 Å². The number of nitrogens with two attached hydrogens (primary N) is 1. The number of hydrogen-bond acceptors (Lipinski definition) is 5. The van der Waals surface area contributed by atoms with Crippen LogP contribution in [0.2, 0.25) is 0 Å². The largest absolute Gasteiger partial charge is 0.488 e. The molecule has 1 aromatic heterocycles. The van der Waals surface area contributed by atoms with Crippen molar-refractivity contribution in [1.29, 1.82) is 0 Å². The van der Waals surface area contributed by atoms with E-state index in [1.165, 1.54) is 4.70 Å². The third-order valence-corrected chi connectivity index (χ3v) is 5.61. The summed E-state index contributed by atoms with van der Waals surface area (Å²) in [5, 5.41) is 11.2. The van der Waals surface area contributed by atoms with Gasteiger partial charge in [0.2, 0.25) is 0 Å². The fourth-order valence-electron chi connectivity index (χ4n) is 3.15. The minimum absolute atomic E-state index is 0.189. The molecule has 5 heteroatoms. The van der Waals surface area contributed by atoms with E-state index in [2.05, 4.69) is 11.1 Å². The van der Waals surface area contributed by atoms with E-state index < -0.39 is 6.10 Å². The summed E-state index contributed by atoms with van der Waals surface area (Å²) in [7, 11) is 0. The summed E-state index contributed by atoms with van der Waals surface area (Å²) < 4.78 is 7.13. The van der Waals surface area contributed by atoms with Crippen LogP contribution >= 0.6 is 11.3 Å². The fourth-order valence-corrected chi connectivity index (χ4v) is 4.12. The number of hydrogen-bond donors (Lipinski definition) is 2. The number of thiazole rings is 1. The van der Waals surface area contributed by atoms with Gasteiger partial charge in [-0.05, 0) is 55.7 Å². The average molecular weight is 340 g/mol. The van der Waals surface area contributed by atoms with Crippen molar-refractivity contribution in [3.8, 4) is 16.3 Å². The molecule has 0 bridgehead atoms. The number of aliphatic hydroxyl groups excluding tert-OH is 1. The Kier molecular flexibility index (Phi) is 4.22. The molecule has 1 heterocycles. The highest BCUT2D eigenvalue weighted by atomic mass is 32.1. The topological polar surface area (TPSA) is 68.4 Å². The molecule has 1 aliphatic rings. The number of para-hydroxylation sites is 1. The first-order valence-corrected chi connectivity index (χ1v) is 9.09. The molecule has 1 aliphatic carbocycles. The minimum Gasteiger partial charge on any atom is -0.488 e. The van der Waals surface area contributed by atoms with Crippen molar-refractivity contribution in [2.75, 3.05) is 0 Å². The third kappa shape index (κ3) is 3.02. The van der Waals surface area contributed by atoms with E-state index in [9.17, 15) is 5.11 Å². The smallest absolute Gasteiger partial charge is 0.126 e. The molecule has 0 saturated heterocycles. The first-order valence-electron chi connectivity index (χ1n) is 8.27. The lowest BCUT2D eigenvalue weighted by Crippen LogP contribution is -2.48. The number of nitrogens with zero attached hydrogens (tertiary/aromatic N) is 1. The van der Waals surface area contributed by atoms with E-state index >= 15 is 0 Å². The molecule has 0 amide bonds. The molecule has 4 nitrogen and oxygen atoms in total. The lowest BCUT2D eigenvalue weighted by atomic mass is 9.90. The zero-order chi connectivity index (χ0) is 16.5. The summed E-state index contributed by atoms with van der Waals surface area (Å²) in [6, 6.07) is 15.9. The molecular formula is C19H20N2O2S. The van der Waals surface area contributed by atoms with Crippen molar-refractivity contribution in [2.45, 2.75) is 37.5 Å². The Morgan fingerprint density at radius 3 is 2.67 bits per heavy atom. The van der Waals surface area contributed by atoms with Gasteiger partial charge in [0.25, 0.3) is 0 Å². The summed E-state index contributed by atoms with van der Waals surface area (Å²) in [6.07, 6.45) is 1.88. The maximum absolute atomic E-state index is 10.2. The van der Waals surface area contributed by atoms with Gasteiger partial charge in [0.05, 0.1) is 10.2 Å². The normalized spacial score (nSPS) is 24.2. The van der Waals surface area contributed by atoms with E-state index in [1.807, 2.05) is 42.5 Å². The van der Waals surface area contributed by atoms with Crippen molar-refractivity contribution < 1.29 is 9.84 Å². The van der Waals surface area contributed by atoms with Crippen molar-refractivity contribution in [3.05, 3.63) is 48.5 Å². The molecule has 0 spiro atoms. The Morgan fingerprint density at radius 1 is 1.08 bits per heavy atom. The summed E-state index contributed by atoms with van der Waals surface area (Å²) in [5.41, 5.74) is 8.02. The third-order valence-electron chi connectivity index (χ3n) is 4.53. The van der Waals surface area contributed by atoms with Crippen molar-refractivity contribution >= 4 is 21.6 Å². The molecule has 3 N–H and O–H groups in total. The predicted molar refractivity (Wildman–Crippen MR) is 97.3 cm³/mol. The number of benzene rings is 2. The van der Waals surface area contributed by atoms with Crippen molar-refractivity contribution in [2.24, 2.45) is 5.73 Å². The van der Waals surface area contributed by atoms with E-state index in [0.717, 1.165) is 41.1 Å². The van der Waals surface area contributed by atoms with Gasteiger partial charge >= 0.3 is 0 Å². The highest BCUT2D eigenvalue weighted by Crippen LogP contribution is 2.31. The summed E-state index contributed by atoms with van der Waals surface area (Å²) in [4.78, 5) is 4.67. The Bertz CT molecular complexity index is 798. The molecular weight excluding hydrogens is 320 g/mol. The fraction of sp³-hybridized carbons (Fsp3) is 0.316. The molecule has 0 aliphatic heterocycles. The van der Waals surface area contributed by atoms with Crippen LogP contribution in [-0.4, -0.2) is 28.3 Å². The standard InChI is InChI=1S/C19H20N2O2S/c20-14-4-3-6-16(18(14)22)23-13-10-8-12(9-11-13)19-21-15-5-1-2-7-17(15)24-19/h1-2,5,7-11,14,16,18,22H,3-4,6,20H2. The molecule has 1 saturated carbocycles. The zero-order valence-corrected chi connectivity index (χ0v) is 14.1. The molecule has 3 unspecified atom stereocenters. The van der Waals surface area contributed by atoms with Crippen molar-refractivity contribution in [1.82, 2.24) is 4.98 Å². The van der Waals surface area contributed by atoms with Crippen LogP contribution in [0.25, 0.3) is 20.8 Å². The number of rotatable bonds is 3. The molecule has 3 aromatic rings. The highest BCUT2D eigenvalue weighted by Gasteiger charge is 2.30. The highest BCUT2D eigenvalue weighted by molar-refractivity contribution is 7.21. The second kappa shape index (κ2) is 6.51. The summed E-state index contributed by atoms with van der Waals surface area (Å²) in [6.45, 7) is 0. The molecule has 0 radical (unpaired) electrons. The summed E-state index contributed by atoms with van der Waals surface area (Å²) >= 11 is 1.68. The lowest BCUT2D eigenvalue weighted by Gasteiger charge is -2.32. The second-order valence-corrected chi connectivity index (χ2v) is 7.28. The lowest BCUT2D eigenvalue weighted by molar-refractivity contribution is -0.00585. The first kappa shape index (κ1) is 15.6. The number of aliphatic hydroxyl groups is 1. The number of ether oxygens (including phenoxy) is 1. The maximum Gasteiger partial charge on any atom is 0.126 e. The van der Waals surface area contributed by atoms with E-state index in [1.54, 1.807) is 11.3 Å². The van der Waals surface area contributed by atoms with Gasteiger partial charge in [0.15, 0.2) is 0 Å². The van der Waals surface area contributed by atoms with Crippen LogP contribution in [0.5, 0.6) is 5.75 Å². The van der Waals surface area contributed by atoms with E-state index in [4.69, 9.17) is 10.5 Å². The van der Waals surface area contributed by atoms with Crippen LogP contribution < -0.4 is 10.5 Å². The van der Waals surface area contributed by atoms with Gasteiger partial charge in [-0.25, -0.2) is 4.98 Å². The van der Waals surface area contributed by atoms with Crippen LogP contribution in [0.15, 0.2) is 48.5 Å². The minimum atomic E-state index is -0.595. The van der Waals surface area contributed by atoms with Crippen LogP contribution in [0.1, 0.15) is 19.3 Å². The van der Waals surface area contributed by atoms with Crippen LogP contribution in [0.3, 0.4) is 0 Å². The van der Waals surface area contributed by atoms with Crippen LogP contribution in [0.4, 0.5) is 0 Å². The van der Waals surface area contributed by atoms with Gasteiger partial charge in [-0.3, -0.25) is 0 Å². The van der Waals surface area contributed by atoms with E-state index in [-0.39, 0.29) is 12.1 Å². The Balaban J connectivity index is 1.52. The zero-order valence-electron chi connectivity index (χ0n) is 13.3. The Labute approximate surface area is 144 Å². The molecule has 1 fully saturated rings. The summed E-state index contributed by atoms with van der Waals surface area (Å²) in [5.74, 6) is 0.762.